The van der Waals surface area contributed by atoms with Gasteiger partial charge in [0.05, 0.1) is 0 Å². The van der Waals surface area contributed by atoms with Crippen molar-refractivity contribution >= 4 is 15.9 Å². The SMILES string of the molecule is CC(c1ccccc1Br)N1CCC(NCC2CC2)CC1. The number of rotatable bonds is 5. The molecule has 20 heavy (non-hydrogen) atoms. The summed E-state index contributed by atoms with van der Waals surface area (Å²) in [6.45, 7) is 6.01. The van der Waals surface area contributed by atoms with Crippen LogP contribution in [0.25, 0.3) is 0 Å². The molecule has 1 heterocycles. The number of benzene rings is 1. The number of nitrogens with one attached hydrogen (secondary N) is 1. The molecule has 0 aromatic heterocycles. The zero-order chi connectivity index (χ0) is 13.9. The molecule has 0 spiro atoms. The first-order chi connectivity index (χ1) is 9.74. The van der Waals surface area contributed by atoms with E-state index >= 15 is 0 Å². The summed E-state index contributed by atoms with van der Waals surface area (Å²) in [5, 5.41) is 3.76. The maximum absolute atomic E-state index is 3.76. The molecule has 110 valence electrons. The third kappa shape index (κ3) is 3.63. The fraction of sp³-hybridized carbons (Fsp3) is 0.647. The molecular weight excluding hydrogens is 312 g/mol. The van der Waals surface area contributed by atoms with Crippen LogP contribution in [0.1, 0.15) is 44.2 Å². The van der Waals surface area contributed by atoms with Gasteiger partial charge >= 0.3 is 0 Å². The Labute approximate surface area is 131 Å². The van der Waals surface area contributed by atoms with E-state index in [1.165, 1.54) is 55.4 Å². The first-order valence-electron chi connectivity index (χ1n) is 7.96. The molecule has 1 saturated heterocycles. The van der Waals surface area contributed by atoms with Gasteiger partial charge in [0.15, 0.2) is 0 Å². The van der Waals surface area contributed by atoms with Crippen molar-refractivity contribution in [3.63, 3.8) is 0 Å². The smallest absolute Gasteiger partial charge is 0.0331 e. The van der Waals surface area contributed by atoms with Crippen LogP contribution in [0.15, 0.2) is 28.7 Å². The maximum Gasteiger partial charge on any atom is 0.0331 e. The van der Waals surface area contributed by atoms with Crippen molar-refractivity contribution in [3.05, 3.63) is 34.3 Å². The zero-order valence-corrected chi connectivity index (χ0v) is 13.9. The molecule has 1 N–H and O–H groups in total. The van der Waals surface area contributed by atoms with Crippen LogP contribution in [0, 0.1) is 5.92 Å². The van der Waals surface area contributed by atoms with Gasteiger partial charge in [-0.1, -0.05) is 34.1 Å². The summed E-state index contributed by atoms with van der Waals surface area (Å²) in [6.07, 6.45) is 5.48. The Balaban J connectivity index is 1.50. The van der Waals surface area contributed by atoms with E-state index < -0.39 is 0 Å². The average molecular weight is 337 g/mol. The number of hydrogen-bond donors (Lipinski definition) is 1. The Bertz CT molecular complexity index is 436. The molecule has 1 saturated carbocycles. The van der Waals surface area contributed by atoms with Crippen LogP contribution >= 0.6 is 15.9 Å². The minimum absolute atomic E-state index is 0.509. The number of likely N-dealkylation sites (tertiary alicyclic amines) is 1. The van der Waals surface area contributed by atoms with Crippen LogP contribution in [0.3, 0.4) is 0 Å². The Morgan fingerprint density at radius 1 is 1.20 bits per heavy atom. The van der Waals surface area contributed by atoms with Gasteiger partial charge in [-0.3, -0.25) is 4.90 Å². The van der Waals surface area contributed by atoms with Gasteiger partial charge in [0.2, 0.25) is 0 Å². The highest BCUT2D eigenvalue weighted by molar-refractivity contribution is 9.10. The lowest BCUT2D eigenvalue weighted by Gasteiger charge is -2.37. The minimum Gasteiger partial charge on any atom is -0.314 e. The Kier molecular flexibility index (Phi) is 4.79. The van der Waals surface area contributed by atoms with Gasteiger partial charge in [0.1, 0.15) is 0 Å². The minimum atomic E-state index is 0.509. The first kappa shape index (κ1) is 14.6. The van der Waals surface area contributed by atoms with E-state index in [-0.39, 0.29) is 0 Å². The molecule has 2 fully saturated rings. The van der Waals surface area contributed by atoms with Gasteiger partial charge in [0.25, 0.3) is 0 Å². The lowest BCUT2D eigenvalue weighted by Crippen LogP contribution is -2.43. The van der Waals surface area contributed by atoms with Gasteiger partial charge in [0, 0.05) is 29.6 Å². The van der Waals surface area contributed by atoms with Gasteiger partial charge in [-0.05, 0) is 56.7 Å². The molecule has 0 bridgehead atoms. The third-order valence-electron chi connectivity index (χ3n) is 4.82. The van der Waals surface area contributed by atoms with Crippen LogP contribution < -0.4 is 5.32 Å². The summed E-state index contributed by atoms with van der Waals surface area (Å²) in [5.74, 6) is 0.993. The highest BCUT2D eigenvalue weighted by Crippen LogP contribution is 2.30. The predicted molar refractivity (Wildman–Crippen MR) is 87.9 cm³/mol. The molecule has 1 aromatic rings. The number of piperidine rings is 1. The molecule has 3 heteroatoms. The largest absolute Gasteiger partial charge is 0.314 e. The van der Waals surface area contributed by atoms with E-state index in [1.54, 1.807) is 0 Å². The molecule has 1 aromatic carbocycles. The van der Waals surface area contributed by atoms with Crippen molar-refractivity contribution in [1.82, 2.24) is 10.2 Å². The topological polar surface area (TPSA) is 15.3 Å². The number of hydrogen-bond acceptors (Lipinski definition) is 2. The molecule has 1 atom stereocenters. The van der Waals surface area contributed by atoms with Gasteiger partial charge in [-0.15, -0.1) is 0 Å². The molecule has 1 aliphatic carbocycles. The summed E-state index contributed by atoms with van der Waals surface area (Å²) < 4.78 is 1.24. The highest BCUT2D eigenvalue weighted by atomic mass is 79.9. The second-order valence-corrected chi connectivity index (χ2v) is 7.21. The second kappa shape index (κ2) is 6.59. The average Bonchev–Trinajstić information content (AvgIpc) is 3.30. The van der Waals surface area contributed by atoms with E-state index in [0.717, 1.165) is 12.0 Å². The number of halogens is 1. The second-order valence-electron chi connectivity index (χ2n) is 6.36. The van der Waals surface area contributed by atoms with Crippen LogP contribution in [0.2, 0.25) is 0 Å². The van der Waals surface area contributed by atoms with Crippen LogP contribution in [-0.2, 0) is 0 Å². The maximum atomic E-state index is 3.76. The lowest BCUT2D eigenvalue weighted by atomic mass is 10.00. The van der Waals surface area contributed by atoms with Crippen molar-refractivity contribution in [1.29, 1.82) is 0 Å². The standard InChI is InChI=1S/C17H25BrN2/c1-13(16-4-2-3-5-17(16)18)20-10-8-15(9-11-20)19-12-14-6-7-14/h2-5,13-15,19H,6-12H2,1H3. The molecule has 0 radical (unpaired) electrons. The summed E-state index contributed by atoms with van der Waals surface area (Å²) in [5.41, 5.74) is 1.41. The zero-order valence-electron chi connectivity index (χ0n) is 12.3. The third-order valence-corrected chi connectivity index (χ3v) is 5.55. The van der Waals surface area contributed by atoms with Crippen molar-refractivity contribution in [3.8, 4) is 0 Å². The fourth-order valence-electron chi connectivity index (χ4n) is 3.16. The van der Waals surface area contributed by atoms with Crippen molar-refractivity contribution in [2.24, 2.45) is 5.92 Å². The lowest BCUT2D eigenvalue weighted by molar-refractivity contribution is 0.152. The predicted octanol–water partition coefficient (Wildman–Crippen LogP) is 3.97. The van der Waals surface area contributed by atoms with E-state index in [0.29, 0.717) is 6.04 Å². The molecule has 0 amide bonds. The normalized spacial score (nSPS) is 22.9. The van der Waals surface area contributed by atoms with Gasteiger partial charge in [-0.25, -0.2) is 0 Å². The molecule has 2 nitrogen and oxygen atoms in total. The Morgan fingerprint density at radius 2 is 1.90 bits per heavy atom. The molecule has 2 aliphatic rings. The van der Waals surface area contributed by atoms with E-state index in [9.17, 15) is 0 Å². The quantitative estimate of drug-likeness (QED) is 0.874. The molecule has 3 rings (SSSR count). The van der Waals surface area contributed by atoms with Crippen LogP contribution in [0.4, 0.5) is 0 Å². The van der Waals surface area contributed by atoms with Crippen molar-refractivity contribution in [2.75, 3.05) is 19.6 Å². The number of nitrogens with zero attached hydrogens (tertiary/aromatic N) is 1. The Hall–Kier alpha value is -0.380. The monoisotopic (exact) mass is 336 g/mol. The Morgan fingerprint density at radius 3 is 2.55 bits per heavy atom. The summed E-state index contributed by atoms with van der Waals surface area (Å²) in [4.78, 5) is 2.62. The summed E-state index contributed by atoms with van der Waals surface area (Å²) >= 11 is 3.68. The van der Waals surface area contributed by atoms with E-state index in [2.05, 4.69) is 57.3 Å². The first-order valence-corrected chi connectivity index (χ1v) is 8.75. The van der Waals surface area contributed by atoms with Gasteiger partial charge < -0.3 is 5.32 Å². The van der Waals surface area contributed by atoms with Gasteiger partial charge in [-0.2, -0.15) is 0 Å². The van der Waals surface area contributed by atoms with Crippen LogP contribution in [0.5, 0.6) is 0 Å². The molecule has 1 unspecified atom stereocenters. The van der Waals surface area contributed by atoms with E-state index in [4.69, 9.17) is 0 Å². The molecular formula is C17H25BrN2. The van der Waals surface area contributed by atoms with Crippen molar-refractivity contribution < 1.29 is 0 Å². The van der Waals surface area contributed by atoms with Crippen LogP contribution in [-0.4, -0.2) is 30.6 Å². The summed E-state index contributed by atoms with van der Waals surface area (Å²) in [7, 11) is 0. The summed E-state index contributed by atoms with van der Waals surface area (Å²) in [6, 6.07) is 9.88. The van der Waals surface area contributed by atoms with E-state index in [1.807, 2.05) is 0 Å². The fourth-order valence-corrected chi connectivity index (χ4v) is 3.77. The van der Waals surface area contributed by atoms with Crippen molar-refractivity contribution in [2.45, 2.75) is 44.7 Å². The highest BCUT2D eigenvalue weighted by Gasteiger charge is 2.26. The molecule has 1 aliphatic heterocycles.